The summed E-state index contributed by atoms with van der Waals surface area (Å²) in [6, 6.07) is 0. The average molecular weight is 678 g/mol. The summed E-state index contributed by atoms with van der Waals surface area (Å²) >= 11 is -0.361. The van der Waals surface area contributed by atoms with Crippen LogP contribution in [0, 0.1) is 0 Å². The first-order valence-electron chi connectivity index (χ1n) is 5.65. The minimum atomic E-state index is -8.44. The van der Waals surface area contributed by atoms with Crippen molar-refractivity contribution in [1.82, 2.24) is 0 Å². The van der Waals surface area contributed by atoms with Crippen LogP contribution in [0.4, 0.5) is 65.9 Å². The Morgan fingerprint density at radius 1 is 0.625 bits per heavy atom. The van der Waals surface area contributed by atoms with Crippen LogP contribution in [0.25, 0.3) is 0 Å². The molecule has 0 bridgehead atoms. The Kier molecular flexibility index (Phi) is 16.2. The van der Waals surface area contributed by atoms with Crippen molar-refractivity contribution in [3.8, 4) is 0 Å². The number of carboxylic acid groups (broad SMARTS) is 1. The molecule has 3 nitrogen and oxygen atoms in total. The quantitative estimate of drug-likeness (QED) is 0.243. The van der Waals surface area contributed by atoms with E-state index in [2.05, 4.69) is 0 Å². The number of rotatable bonds is 6. The Labute approximate surface area is 195 Å². The predicted molar refractivity (Wildman–Crippen MR) is 70.7 cm³/mol. The van der Waals surface area contributed by atoms with Gasteiger partial charge in [-0.1, -0.05) is 0 Å². The second kappa shape index (κ2) is 13.1. The van der Waals surface area contributed by atoms with Crippen LogP contribution in [-0.2, 0) is 26.8 Å². The van der Waals surface area contributed by atoms with Crippen LogP contribution in [0.3, 0.4) is 0 Å². The maximum Gasteiger partial charge on any atom is -0.870 e. The zero-order chi connectivity index (χ0) is 26.5. The second-order valence-corrected chi connectivity index (χ2v) is 8.60. The third-order valence-electron chi connectivity index (χ3n) is 2.61. The van der Waals surface area contributed by atoms with E-state index in [0.717, 1.165) is 0 Å². The van der Waals surface area contributed by atoms with Crippen molar-refractivity contribution in [3.05, 3.63) is 0 Å². The van der Waals surface area contributed by atoms with Gasteiger partial charge in [0.25, 0.3) is 0 Å². The number of aliphatic carboxylic acids is 1. The summed E-state index contributed by atoms with van der Waals surface area (Å²) in [5.41, 5.74) is 0. The summed E-state index contributed by atoms with van der Waals surface area (Å²) in [4.78, 5) is 7.69. The largest absolute Gasteiger partial charge is 0.870 e. The normalized spacial score (nSPS) is 13.6. The molecule has 0 rings (SSSR count). The second-order valence-electron chi connectivity index (χ2n) is 4.38. The molecule has 0 unspecified atom stereocenters. The van der Waals surface area contributed by atoms with Crippen LogP contribution < -0.4 is 0 Å². The van der Waals surface area contributed by atoms with E-state index in [0.29, 0.717) is 0 Å². The molecule has 24 heteroatoms. The molecule has 0 spiro atoms. The molecular weight excluding hydrogens is 675 g/mol. The third kappa shape index (κ3) is 7.30. The Bertz CT molecular complexity index is 588. The van der Waals surface area contributed by atoms with Gasteiger partial charge < -0.3 is 15.4 Å². The SMILES string of the molecule is OC(=[OH+])C(F)(F)C(F)(F)C(F)(F)C(F)(F)C(F)(F)C(F)(F)C(F)(F)F.[Cl][Cr+][Cl].[Cl][Cr][Cl].[OH-]. The summed E-state index contributed by atoms with van der Waals surface area (Å²) in [6.45, 7) is 0. The Morgan fingerprint density at radius 3 is 1.00 bits per heavy atom. The number of aliphatic hydroxyl groups excluding tert-OH is 1. The molecule has 0 saturated carbocycles. The minimum Gasteiger partial charge on any atom is -0.870 e. The van der Waals surface area contributed by atoms with Gasteiger partial charge in [0.1, 0.15) is 0 Å². The van der Waals surface area contributed by atoms with Gasteiger partial charge in [-0.05, 0) is 0 Å². The maximum absolute atomic E-state index is 12.9. The first-order valence-corrected chi connectivity index (χ1v) is 12.7. The Morgan fingerprint density at radius 2 is 0.812 bits per heavy atom. The van der Waals surface area contributed by atoms with Gasteiger partial charge in [-0.15, -0.1) is 0 Å². The molecule has 0 aromatic rings. The van der Waals surface area contributed by atoms with E-state index in [1.54, 1.807) is 0 Å². The Hall–Kier alpha value is 0.605. The first kappa shape index (κ1) is 39.8. The summed E-state index contributed by atoms with van der Waals surface area (Å²) in [7, 11) is 19.3. The standard InChI is InChI=1S/C8HF15O2.4ClH.2Cr.H2O/c9-2(10,1(24)25)3(11,12)4(13,14)5(15,16)6(17,18)7(19,20)8(21,22)23;;;;;;;/h(H,24,25);4*1H;;;1H2/q;;;;;+2;+3;/p-4. The van der Waals surface area contributed by atoms with Gasteiger partial charge in [-0.3, -0.25) is 0 Å². The van der Waals surface area contributed by atoms with Gasteiger partial charge in [-0.2, -0.15) is 65.9 Å². The van der Waals surface area contributed by atoms with Crippen molar-refractivity contribution in [3.63, 3.8) is 0 Å². The van der Waals surface area contributed by atoms with E-state index >= 15 is 0 Å². The molecular formula is C8H3Cl4Cr2F15O3+. The molecule has 0 aliphatic carbocycles. The van der Waals surface area contributed by atoms with Crippen LogP contribution in [0.15, 0.2) is 0 Å². The monoisotopic (exact) mass is 676 g/mol. The van der Waals surface area contributed by atoms with Gasteiger partial charge in [0, 0.05) is 0 Å². The summed E-state index contributed by atoms with van der Waals surface area (Å²) in [5.74, 6) is -52.3. The van der Waals surface area contributed by atoms with E-state index in [9.17, 15) is 65.9 Å². The summed E-state index contributed by atoms with van der Waals surface area (Å²) in [5, 5.41) is 7.69. The molecule has 0 aliphatic rings. The number of carboxylic acids is 1. The molecule has 0 aromatic carbocycles. The van der Waals surface area contributed by atoms with Crippen molar-refractivity contribution in [2.24, 2.45) is 0 Å². The molecule has 32 heavy (non-hydrogen) atoms. The number of hydrogen-bond donors (Lipinski definition) is 1. The zero-order valence-electron chi connectivity index (χ0n) is 13.3. The number of hydrogen-bond acceptors (Lipinski definition) is 1. The van der Waals surface area contributed by atoms with Crippen molar-refractivity contribution in [1.29, 1.82) is 0 Å². The molecule has 0 amide bonds. The molecule has 0 radical (unpaired) electrons. The van der Waals surface area contributed by atoms with Gasteiger partial charge in [0.15, 0.2) is 0 Å². The van der Waals surface area contributed by atoms with E-state index in [4.69, 9.17) is 50.1 Å². The Balaban J connectivity index is -0.000000499. The third-order valence-corrected chi connectivity index (χ3v) is 2.61. The van der Waals surface area contributed by atoms with Gasteiger partial charge in [0.05, 0.1) is 0 Å². The smallest absolute Gasteiger partial charge is 0.870 e. The fourth-order valence-corrected chi connectivity index (χ4v) is 1.11. The topological polar surface area (TPSA) is 71.6 Å². The fourth-order valence-electron chi connectivity index (χ4n) is 1.11. The molecule has 0 fully saturated rings. The minimum absolute atomic E-state index is 0. The van der Waals surface area contributed by atoms with Crippen LogP contribution in [0.2, 0.25) is 0 Å². The van der Waals surface area contributed by atoms with Gasteiger partial charge in [0.2, 0.25) is 0 Å². The van der Waals surface area contributed by atoms with E-state index < -0.39 is 47.7 Å². The zero-order valence-corrected chi connectivity index (χ0v) is 18.9. The molecule has 0 saturated heterocycles. The summed E-state index contributed by atoms with van der Waals surface area (Å²) < 4.78 is 187. The molecule has 3 N–H and O–H groups in total. The van der Waals surface area contributed by atoms with Crippen molar-refractivity contribution >= 4 is 46.2 Å². The van der Waals surface area contributed by atoms with Crippen LogP contribution in [0.1, 0.15) is 0 Å². The van der Waals surface area contributed by atoms with Crippen molar-refractivity contribution < 1.29 is 108 Å². The molecule has 0 atom stereocenters. The fraction of sp³-hybridized carbons (Fsp3) is 0.875. The molecule has 0 aromatic heterocycles. The van der Waals surface area contributed by atoms with Crippen LogP contribution in [0.5, 0.6) is 0 Å². The molecule has 0 heterocycles. The van der Waals surface area contributed by atoms with Crippen LogP contribution >= 0.6 is 40.2 Å². The predicted octanol–water partition coefficient (Wildman–Crippen LogP) is 7.00. The number of halogens is 19. The van der Waals surface area contributed by atoms with E-state index in [1.165, 1.54) is 0 Å². The number of alkyl halides is 15. The van der Waals surface area contributed by atoms with E-state index in [1.807, 2.05) is 0 Å². The maximum atomic E-state index is 12.9. The van der Waals surface area contributed by atoms with E-state index in [-0.39, 0.29) is 32.2 Å². The first-order chi connectivity index (χ1) is 13.3. The molecule has 0 aliphatic heterocycles. The van der Waals surface area contributed by atoms with Gasteiger partial charge >= 0.3 is 115 Å². The van der Waals surface area contributed by atoms with Crippen LogP contribution in [-0.4, -0.2) is 63.1 Å². The average Bonchev–Trinajstić information content (AvgIpc) is 2.54. The van der Waals surface area contributed by atoms with Gasteiger partial charge in [-0.25, -0.2) is 0 Å². The molecule has 197 valence electrons. The van der Waals surface area contributed by atoms with Crippen molar-refractivity contribution in [2.75, 3.05) is 0 Å². The summed E-state index contributed by atoms with van der Waals surface area (Å²) in [6.07, 6.45) is -7.68. The van der Waals surface area contributed by atoms with Crippen molar-refractivity contribution in [2.45, 2.75) is 41.7 Å².